The van der Waals surface area contributed by atoms with E-state index in [-0.39, 0.29) is 5.91 Å². The highest BCUT2D eigenvalue weighted by Crippen LogP contribution is 2.36. The minimum Gasteiger partial charge on any atom is -0.493 e. The van der Waals surface area contributed by atoms with Crippen molar-refractivity contribution in [3.8, 4) is 5.75 Å². The summed E-state index contributed by atoms with van der Waals surface area (Å²) < 4.78 is 9.12. The molecule has 1 fully saturated rings. The summed E-state index contributed by atoms with van der Waals surface area (Å²) in [6.07, 6.45) is 3.32. The van der Waals surface area contributed by atoms with Crippen molar-refractivity contribution in [2.45, 2.75) is 25.8 Å². The third-order valence-corrected chi connectivity index (χ3v) is 8.25. The van der Waals surface area contributed by atoms with Crippen molar-refractivity contribution in [3.05, 3.63) is 76.8 Å². The number of para-hydroxylation sites is 1. The number of nitrogens with one attached hydrogen (secondary N) is 2. The lowest BCUT2D eigenvalue weighted by Crippen LogP contribution is -2.30. The zero-order valence-corrected chi connectivity index (χ0v) is 21.4. The zero-order valence-electron chi connectivity index (χ0n) is 20.6. The van der Waals surface area contributed by atoms with Gasteiger partial charge in [0.05, 0.1) is 28.2 Å². The molecule has 1 saturated heterocycles. The van der Waals surface area contributed by atoms with E-state index in [1.807, 2.05) is 29.8 Å². The normalized spacial score (nSPS) is 17.4. The Balaban J connectivity index is 1.18. The maximum absolute atomic E-state index is 13.3. The van der Waals surface area contributed by atoms with Crippen LogP contribution in [0.1, 0.15) is 34.5 Å². The predicted octanol–water partition coefficient (Wildman–Crippen LogP) is 5.43. The molecule has 0 spiro atoms. The Labute approximate surface area is 215 Å². The van der Waals surface area contributed by atoms with Crippen molar-refractivity contribution in [2.75, 3.05) is 36.5 Å². The first kappa shape index (κ1) is 23.1. The average Bonchev–Trinajstić information content (AvgIpc) is 3.64. The topological polar surface area (TPSA) is 58.5 Å². The van der Waals surface area contributed by atoms with Crippen LogP contribution in [0.25, 0.3) is 10.2 Å². The Morgan fingerprint density at radius 2 is 2.08 bits per heavy atom. The number of benzene rings is 2. The second-order valence-electron chi connectivity index (χ2n) is 9.87. The Morgan fingerprint density at radius 1 is 1.19 bits per heavy atom. The number of thiophene rings is 1. The van der Waals surface area contributed by atoms with E-state index >= 15 is 0 Å². The van der Waals surface area contributed by atoms with Crippen LogP contribution in [0.5, 0.6) is 5.75 Å². The summed E-state index contributed by atoms with van der Waals surface area (Å²) in [7, 11) is 1.95. The first-order valence-electron chi connectivity index (χ1n) is 12.8. The average molecular weight is 501 g/mol. The highest BCUT2D eigenvalue weighted by molar-refractivity contribution is 7.17. The third kappa shape index (κ3) is 4.61. The first-order valence-corrected chi connectivity index (χ1v) is 13.7. The molecule has 0 aliphatic carbocycles. The summed E-state index contributed by atoms with van der Waals surface area (Å²) in [4.78, 5) is 15.7. The molecular weight excluding hydrogens is 468 g/mol. The number of nitrogens with zero attached hydrogens (tertiary/aromatic N) is 2. The van der Waals surface area contributed by atoms with Gasteiger partial charge in [0.25, 0.3) is 5.91 Å². The first-order chi connectivity index (χ1) is 17.7. The van der Waals surface area contributed by atoms with E-state index in [0.29, 0.717) is 11.6 Å². The highest BCUT2D eigenvalue weighted by atomic mass is 32.1. The molecule has 186 valence electrons. The van der Waals surface area contributed by atoms with Gasteiger partial charge < -0.3 is 24.8 Å². The predicted molar refractivity (Wildman–Crippen MR) is 147 cm³/mol. The lowest BCUT2D eigenvalue weighted by molar-refractivity contribution is 0.102. The molecule has 2 aliphatic rings. The van der Waals surface area contributed by atoms with E-state index in [1.54, 1.807) is 11.3 Å². The summed E-state index contributed by atoms with van der Waals surface area (Å²) in [5.41, 5.74) is 6.32. The summed E-state index contributed by atoms with van der Waals surface area (Å²) >= 11 is 1.66. The van der Waals surface area contributed by atoms with E-state index in [1.165, 1.54) is 17.5 Å². The Morgan fingerprint density at radius 3 is 2.89 bits per heavy atom. The quantitative estimate of drug-likeness (QED) is 0.355. The van der Waals surface area contributed by atoms with Gasteiger partial charge in [0.1, 0.15) is 11.4 Å². The fourth-order valence-corrected chi connectivity index (χ4v) is 6.28. The van der Waals surface area contributed by atoms with Gasteiger partial charge >= 0.3 is 0 Å². The molecule has 7 heteroatoms. The summed E-state index contributed by atoms with van der Waals surface area (Å²) in [6.45, 7) is 4.68. The number of hydrogen-bond acceptors (Lipinski definition) is 5. The van der Waals surface area contributed by atoms with Crippen LogP contribution < -0.4 is 20.3 Å². The lowest BCUT2D eigenvalue weighted by atomic mass is 9.99. The fourth-order valence-electron chi connectivity index (χ4n) is 5.43. The van der Waals surface area contributed by atoms with Crippen molar-refractivity contribution in [1.29, 1.82) is 0 Å². The molecule has 4 heterocycles. The molecule has 1 amide bonds. The van der Waals surface area contributed by atoms with Crippen LogP contribution in [0.2, 0.25) is 0 Å². The largest absolute Gasteiger partial charge is 0.493 e. The highest BCUT2D eigenvalue weighted by Gasteiger charge is 2.23. The van der Waals surface area contributed by atoms with Gasteiger partial charge in [-0.15, -0.1) is 11.3 Å². The van der Waals surface area contributed by atoms with Gasteiger partial charge in [-0.2, -0.15) is 0 Å². The number of anilines is 2. The van der Waals surface area contributed by atoms with Crippen LogP contribution in [0.3, 0.4) is 0 Å². The van der Waals surface area contributed by atoms with Crippen LogP contribution in [-0.4, -0.2) is 36.7 Å². The van der Waals surface area contributed by atoms with E-state index in [2.05, 4.69) is 57.3 Å². The fraction of sp³-hybridized carbons (Fsp3) is 0.345. The number of carbonyl (C=O) groups is 1. The molecule has 6 nitrogen and oxygen atoms in total. The Kier molecular flexibility index (Phi) is 6.42. The molecule has 2 aromatic carbocycles. The van der Waals surface area contributed by atoms with Gasteiger partial charge in [-0.05, 0) is 72.6 Å². The number of carbonyl (C=O) groups excluding carboxylic acids is 1. The minimum atomic E-state index is -0.0706. The molecule has 2 aromatic heterocycles. The van der Waals surface area contributed by atoms with Crippen molar-refractivity contribution in [2.24, 2.45) is 13.0 Å². The van der Waals surface area contributed by atoms with E-state index in [0.717, 1.165) is 73.0 Å². The van der Waals surface area contributed by atoms with Crippen LogP contribution in [-0.2, 0) is 20.0 Å². The number of ether oxygens (including phenoxy) is 1. The molecule has 0 saturated carbocycles. The second kappa shape index (κ2) is 9.99. The Hall–Kier alpha value is -3.29. The maximum atomic E-state index is 13.3. The number of fused-ring (bicyclic) bond motifs is 2. The number of amides is 1. The summed E-state index contributed by atoms with van der Waals surface area (Å²) in [6, 6.07) is 18.8. The molecule has 1 atom stereocenters. The van der Waals surface area contributed by atoms with Gasteiger partial charge in [-0.25, -0.2) is 0 Å². The van der Waals surface area contributed by atoms with Gasteiger partial charge in [0.15, 0.2) is 0 Å². The number of hydrogen-bond donors (Lipinski definition) is 2. The molecule has 6 rings (SSSR count). The van der Waals surface area contributed by atoms with E-state index in [9.17, 15) is 4.79 Å². The number of aromatic nitrogens is 1. The van der Waals surface area contributed by atoms with Crippen molar-refractivity contribution >= 4 is 38.8 Å². The maximum Gasteiger partial charge on any atom is 0.272 e. The van der Waals surface area contributed by atoms with Gasteiger partial charge in [-0.1, -0.05) is 24.3 Å². The van der Waals surface area contributed by atoms with Crippen molar-refractivity contribution in [3.63, 3.8) is 0 Å². The minimum absolute atomic E-state index is 0.0706. The van der Waals surface area contributed by atoms with E-state index in [4.69, 9.17) is 4.74 Å². The Bertz CT molecular complexity index is 1370. The lowest BCUT2D eigenvalue weighted by Gasteiger charge is -2.33. The van der Waals surface area contributed by atoms with Gasteiger partial charge in [0, 0.05) is 32.6 Å². The van der Waals surface area contributed by atoms with E-state index < -0.39 is 0 Å². The SMILES string of the molecule is Cn1c(C(=O)Nc2cccc3c2N(Cc2ccc(OC[C@H]4CCNC4)cc2)CCC3)cc2sccc21. The van der Waals surface area contributed by atoms with Gasteiger partial charge in [-0.3, -0.25) is 4.79 Å². The molecule has 4 aromatic rings. The van der Waals surface area contributed by atoms with Crippen LogP contribution >= 0.6 is 11.3 Å². The summed E-state index contributed by atoms with van der Waals surface area (Å²) in [5, 5.41) is 8.68. The van der Waals surface area contributed by atoms with Crippen molar-refractivity contribution < 1.29 is 9.53 Å². The molecule has 0 radical (unpaired) electrons. The molecule has 0 unspecified atom stereocenters. The number of rotatable bonds is 7. The molecule has 0 bridgehead atoms. The van der Waals surface area contributed by atoms with Crippen molar-refractivity contribution in [1.82, 2.24) is 9.88 Å². The molecule has 2 N–H and O–H groups in total. The third-order valence-electron chi connectivity index (χ3n) is 7.40. The monoisotopic (exact) mass is 500 g/mol. The van der Waals surface area contributed by atoms with Crippen LogP contribution in [0.4, 0.5) is 11.4 Å². The smallest absolute Gasteiger partial charge is 0.272 e. The van der Waals surface area contributed by atoms with Crippen LogP contribution in [0, 0.1) is 5.92 Å². The van der Waals surface area contributed by atoms with Gasteiger partial charge in [0.2, 0.25) is 0 Å². The standard InChI is InChI=1S/C29H32N4O2S/c1-32-25-12-15-36-27(25)16-26(32)29(34)31-24-6-2-4-22-5-3-14-33(28(22)24)18-20-7-9-23(10-8-20)35-19-21-11-13-30-17-21/h2,4,6-10,12,15-16,21,30H,3,5,11,13-14,17-19H2,1H3,(H,31,34)/t21-/m0/s1. The number of aryl methyl sites for hydroxylation is 2. The summed E-state index contributed by atoms with van der Waals surface area (Å²) in [5.74, 6) is 1.47. The zero-order chi connectivity index (χ0) is 24.5. The molecular formula is C29H32N4O2S. The van der Waals surface area contributed by atoms with Crippen LogP contribution in [0.15, 0.2) is 60.0 Å². The molecule has 2 aliphatic heterocycles. The molecule has 36 heavy (non-hydrogen) atoms. The second-order valence-corrected chi connectivity index (χ2v) is 10.8.